The molecule has 0 spiro atoms. The molecule has 27 heavy (non-hydrogen) atoms. The van der Waals surface area contributed by atoms with Gasteiger partial charge in [0, 0.05) is 38.9 Å². The van der Waals surface area contributed by atoms with Crippen molar-refractivity contribution >= 4 is 38.3 Å². The molecule has 6 heteroatoms. The molecular weight excluding hydrogens is 356 g/mol. The van der Waals surface area contributed by atoms with Crippen molar-refractivity contribution in [3.05, 3.63) is 54.1 Å². The third-order valence-corrected chi connectivity index (χ3v) is 6.13. The first kappa shape index (κ1) is 17.8. The number of hydrogen-bond donors (Lipinski definition) is 0. The second-order valence-electron chi connectivity index (χ2n) is 7.03. The molecule has 2 aromatic carbocycles. The molecule has 1 fully saturated rings. The van der Waals surface area contributed by atoms with Gasteiger partial charge < -0.3 is 14.7 Å². The maximum atomic E-state index is 12.7. The number of nitrogens with zero attached hydrogens (tertiary/aromatic N) is 4. The number of likely N-dealkylation sites (N-methyl/N-ethyl adjacent to an activating group) is 1. The van der Waals surface area contributed by atoms with Crippen LogP contribution in [0.5, 0.6) is 0 Å². The van der Waals surface area contributed by atoms with Gasteiger partial charge >= 0.3 is 0 Å². The molecule has 5 nitrogen and oxygen atoms in total. The van der Waals surface area contributed by atoms with E-state index in [0.717, 1.165) is 41.5 Å². The third-order valence-electron chi connectivity index (χ3n) is 4.98. The van der Waals surface area contributed by atoms with Crippen LogP contribution in [0.3, 0.4) is 0 Å². The highest BCUT2D eigenvalue weighted by atomic mass is 32.1. The normalized spacial score (nSPS) is 14.6. The summed E-state index contributed by atoms with van der Waals surface area (Å²) in [7, 11) is 1.94. The number of aryl methyl sites for hydroxylation is 1. The van der Waals surface area contributed by atoms with E-state index < -0.39 is 0 Å². The van der Waals surface area contributed by atoms with Crippen LogP contribution in [0.25, 0.3) is 10.2 Å². The van der Waals surface area contributed by atoms with E-state index in [0.29, 0.717) is 6.54 Å². The van der Waals surface area contributed by atoms with Gasteiger partial charge in [-0.1, -0.05) is 35.6 Å². The Hall–Kier alpha value is -2.60. The predicted molar refractivity (Wildman–Crippen MR) is 113 cm³/mol. The van der Waals surface area contributed by atoms with E-state index in [-0.39, 0.29) is 5.91 Å². The van der Waals surface area contributed by atoms with Gasteiger partial charge in [0.15, 0.2) is 5.13 Å². The van der Waals surface area contributed by atoms with E-state index >= 15 is 0 Å². The summed E-state index contributed by atoms with van der Waals surface area (Å²) in [5.74, 6) is 0.167. The van der Waals surface area contributed by atoms with Crippen molar-refractivity contribution in [2.45, 2.75) is 6.92 Å². The average Bonchev–Trinajstić information content (AvgIpc) is 3.12. The van der Waals surface area contributed by atoms with Gasteiger partial charge in [-0.15, -0.1) is 0 Å². The number of thiazole rings is 1. The third kappa shape index (κ3) is 3.90. The van der Waals surface area contributed by atoms with Gasteiger partial charge in [-0.25, -0.2) is 4.98 Å². The summed E-state index contributed by atoms with van der Waals surface area (Å²) in [5.41, 5.74) is 3.50. The molecule has 1 saturated heterocycles. The molecule has 1 aromatic heterocycles. The first-order valence-electron chi connectivity index (χ1n) is 9.26. The van der Waals surface area contributed by atoms with Crippen molar-refractivity contribution in [1.82, 2.24) is 9.88 Å². The number of anilines is 2. The lowest BCUT2D eigenvalue weighted by Gasteiger charge is -2.36. The number of rotatable bonds is 4. The second kappa shape index (κ2) is 7.56. The Morgan fingerprint density at radius 1 is 1.11 bits per heavy atom. The van der Waals surface area contributed by atoms with Crippen LogP contribution >= 0.6 is 11.3 Å². The molecule has 1 amide bonds. The number of piperazine rings is 1. The quantitative estimate of drug-likeness (QED) is 0.696. The molecule has 140 valence electrons. The zero-order valence-electron chi connectivity index (χ0n) is 15.8. The summed E-state index contributed by atoms with van der Waals surface area (Å²) < 4.78 is 1.15. The summed E-state index contributed by atoms with van der Waals surface area (Å²) in [4.78, 5) is 23.7. The second-order valence-corrected chi connectivity index (χ2v) is 8.04. The highest BCUT2D eigenvalue weighted by Crippen LogP contribution is 2.27. The van der Waals surface area contributed by atoms with Crippen LogP contribution in [-0.2, 0) is 4.79 Å². The molecule has 2 heterocycles. The summed E-state index contributed by atoms with van der Waals surface area (Å²) in [6.07, 6.45) is 0. The minimum Gasteiger partial charge on any atom is -0.368 e. The minimum atomic E-state index is 0.167. The van der Waals surface area contributed by atoms with Crippen molar-refractivity contribution < 1.29 is 4.79 Å². The smallest absolute Gasteiger partial charge is 0.242 e. The van der Waals surface area contributed by atoms with E-state index in [4.69, 9.17) is 0 Å². The standard InChI is InChI=1S/C21H24N4OS/c1-16-6-5-7-17(14-16)24-10-12-25(13-11-24)20(26)15-23(2)21-22-18-8-3-4-9-19(18)27-21/h3-9,14H,10-13,15H2,1-2H3. The van der Waals surface area contributed by atoms with Crippen molar-refractivity contribution in [1.29, 1.82) is 0 Å². The molecule has 0 bridgehead atoms. The van der Waals surface area contributed by atoms with Crippen molar-refractivity contribution in [2.24, 2.45) is 0 Å². The highest BCUT2D eigenvalue weighted by Gasteiger charge is 2.23. The molecule has 3 aromatic rings. The minimum absolute atomic E-state index is 0.167. The fraction of sp³-hybridized carbons (Fsp3) is 0.333. The van der Waals surface area contributed by atoms with E-state index in [1.807, 2.05) is 35.0 Å². The van der Waals surface area contributed by atoms with E-state index in [9.17, 15) is 4.79 Å². The number of hydrogen-bond acceptors (Lipinski definition) is 5. The maximum Gasteiger partial charge on any atom is 0.242 e. The van der Waals surface area contributed by atoms with Gasteiger partial charge in [0.05, 0.1) is 16.8 Å². The molecule has 0 unspecified atom stereocenters. The van der Waals surface area contributed by atoms with Crippen LogP contribution in [0.1, 0.15) is 5.56 Å². The van der Waals surface area contributed by atoms with Crippen molar-refractivity contribution in [3.63, 3.8) is 0 Å². The van der Waals surface area contributed by atoms with Crippen molar-refractivity contribution in [2.75, 3.05) is 49.6 Å². The number of amides is 1. The zero-order chi connectivity index (χ0) is 18.8. The molecule has 1 aliphatic heterocycles. The van der Waals surface area contributed by atoms with E-state index in [1.165, 1.54) is 11.3 Å². The van der Waals surface area contributed by atoms with Gasteiger partial charge in [-0.3, -0.25) is 4.79 Å². The Bertz CT molecular complexity index is 913. The maximum absolute atomic E-state index is 12.7. The Balaban J connectivity index is 1.35. The molecule has 4 rings (SSSR count). The van der Waals surface area contributed by atoms with Gasteiger partial charge in [0.25, 0.3) is 0 Å². The SMILES string of the molecule is Cc1cccc(N2CCN(C(=O)CN(C)c3nc4ccccc4s3)CC2)c1. The summed E-state index contributed by atoms with van der Waals surface area (Å²) in [6.45, 7) is 5.76. The highest BCUT2D eigenvalue weighted by molar-refractivity contribution is 7.22. The van der Waals surface area contributed by atoms with Crippen LogP contribution in [0.15, 0.2) is 48.5 Å². The molecule has 1 aliphatic rings. The summed E-state index contributed by atoms with van der Waals surface area (Å²) in [6, 6.07) is 16.6. The number of benzene rings is 2. The lowest BCUT2D eigenvalue weighted by Crippen LogP contribution is -2.51. The fourth-order valence-electron chi connectivity index (χ4n) is 3.43. The Labute approximate surface area is 163 Å². The van der Waals surface area contributed by atoms with Gasteiger partial charge in [0.1, 0.15) is 0 Å². The number of carbonyl (C=O) groups is 1. The molecule has 0 aliphatic carbocycles. The molecular formula is C21H24N4OS. The zero-order valence-corrected chi connectivity index (χ0v) is 16.6. The lowest BCUT2D eigenvalue weighted by atomic mass is 10.2. The fourth-order valence-corrected chi connectivity index (χ4v) is 4.36. The number of carbonyl (C=O) groups excluding carboxylic acids is 1. The van der Waals surface area contributed by atoms with Gasteiger partial charge in [-0.05, 0) is 36.8 Å². The first-order valence-corrected chi connectivity index (χ1v) is 10.1. The topological polar surface area (TPSA) is 39.7 Å². The summed E-state index contributed by atoms with van der Waals surface area (Å²) in [5, 5.41) is 0.892. The lowest BCUT2D eigenvalue weighted by molar-refractivity contribution is -0.129. The van der Waals surface area contributed by atoms with E-state index in [1.54, 1.807) is 11.3 Å². The van der Waals surface area contributed by atoms with E-state index in [2.05, 4.69) is 47.1 Å². The molecule has 0 atom stereocenters. The summed E-state index contributed by atoms with van der Waals surface area (Å²) >= 11 is 1.63. The van der Waals surface area contributed by atoms with Gasteiger partial charge in [0.2, 0.25) is 5.91 Å². The number of para-hydroxylation sites is 1. The molecule has 0 radical (unpaired) electrons. The first-order chi connectivity index (χ1) is 13.1. The van der Waals surface area contributed by atoms with Gasteiger partial charge in [-0.2, -0.15) is 0 Å². The number of aromatic nitrogens is 1. The van der Waals surface area contributed by atoms with Crippen LogP contribution < -0.4 is 9.80 Å². The number of fused-ring (bicyclic) bond motifs is 1. The molecule has 0 saturated carbocycles. The van der Waals surface area contributed by atoms with Crippen LogP contribution in [-0.4, -0.2) is 55.6 Å². The van der Waals surface area contributed by atoms with Crippen LogP contribution in [0.4, 0.5) is 10.8 Å². The average molecular weight is 381 g/mol. The van der Waals surface area contributed by atoms with Crippen LogP contribution in [0, 0.1) is 6.92 Å². The Morgan fingerprint density at radius 2 is 1.89 bits per heavy atom. The van der Waals surface area contributed by atoms with Crippen molar-refractivity contribution in [3.8, 4) is 0 Å². The monoisotopic (exact) mass is 380 g/mol. The Morgan fingerprint density at radius 3 is 2.63 bits per heavy atom. The largest absolute Gasteiger partial charge is 0.368 e. The molecule has 0 N–H and O–H groups in total. The Kier molecular flexibility index (Phi) is 4.99. The van der Waals surface area contributed by atoms with Crippen LogP contribution in [0.2, 0.25) is 0 Å². The predicted octanol–water partition coefficient (Wildman–Crippen LogP) is 3.39.